The zero-order valence-corrected chi connectivity index (χ0v) is 14.1. The Kier molecular flexibility index (Phi) is 7.00. The van der Waals surface area contributed by atoms with Crippen LogP contribution in [0.5, 0.6) is 0 Å². The molecule has 1 amide bonds. The van der Waals surface area contributed by atoms with Gasteiger partial charge in [-0.3, -0.25) is 4.79 Å². The molecular formula is C15H22BrClN2O. The van der Waals surface area contributed by atoms with Crippen LogP contribution in [0.25, 0.3) is 0 Å². The second kappa shape index (κ2) is 8.01. The van der Waals surface area contributed by atoms with Crippen LogP contribution in [0.4, 0.5) is 0 Å². The highest BCUT2D eigenvalue weighted by Gasteiger charge is 2.45. The van der Waals surface area contributed by atoms with Crippen LogP contribution in [-0.4, -0.2) is 25.5 Å². The molecule has 0 unspecified atom stereocenters. The number of carbonyl (C=O) groups is 1. The van der Waals surface area contributed by atoms with Crippen molar-refractivity contribution in [3.63, 3.8) is 0 Å². The predicted molar refractivity (Wildman–Crippen MR) is 88.5 cm³/mol. The maximum atomic E-state index is 12.4. The minimum absolute atomic E-state index is 0. The summed E-state index contributed by atoms with van der Waals surface area (Å²) < 4.78 is 1.05. The van der Waals surface area contributed by atoms with E-state index in [4.69, 9.17) is 0 Å². The molecule has 1 aliphatic rings. The SMILES string of the molecule is CCNCCNC(=O)C1(c2ccc(Br)cc2)CCC1.Cl. The van der Waals surface area contributed by atoms with Gasteiger partial charge in [0.05, 0.1) is 5.41 Å². The van der Waals surface area contributed by atoms with Crippen LogP contribution in [-0.2, 0) is 10.2 Å². The molecule has 0 saturated heterocycles. The fourth-order valence-electron chi connectivity index (χ4n) is 2.56. The van der Waals surface area contributed by atoms with Gasteiger partial charge in [0.15, 0.2) is 0 Å². The van der Waals surface area contributed by atoms with Crippen LogP contribution < -0.4 is 10.6 Å². The van der Waals surface area contributed by atoms with Crippen molar-refractivity contribution in [2.75, 3.05) is 19.6 Å². The highest BCUT2D eigenvalue weighted by atomic mass is 79.9. The van der Waals surface area contributed by atoms with Crippen molar-refractivity contribution in [1.29, 1.82) is 0 Å². The Morgan fingerprint density at radius 3 is 2.40 bits per heavy atom. The fourth-order valence-corrected chi connectivity index (χ4v) is 2.82. The normalized spacial score (nSPS) is 15.9. The average molecular weight is 362 g/mol. The van der Waals surface area contributed by atoms with Gasteiger partial charge in [-0.2, -0.15) is 0 Å². The Morgan fingerprint density at radius 1 is 1.25 bits per heavy atom. The van der Waals surface area contributed by atoms with E-state index in [0.29, 0.717) is 6.54 Å². The monoisotopic (exact) mass is 360 g/mol. The molecule has 5 heteroatoms. The summed E-state index contributed by atoms with van der Waals surface area (Å²) in [6, 6.07) is 8.16. The molecule has 112 valence electrons. The van der Waals surface area contributed by atoms with Crippen molar-refractivity contribution in [1.82, 2.24) is 10.6 Å². The Morgan fingerprint density at radius 2 is 1.90 bits per heavy atom. The highest BCUT2D eigenvalue weighted by molar-refractivity contribution is 9.10. The quantitative estimate of drug-likeness (QED) is 0.765. The second-order valence-electron chi connectivity index (χ2n) is 5.05. The summed E-state index contributed by atoms with van der Waals surface area (Å²) in [4.78, 5) is 12.4. The molecule has 3 nitrogen and oxygen atoms in total. The van der Waals surface area contributed by atoms with E-state index in [0.717, 1.165) is 42.4 Å². The zero-order chi connectivity index (χ0) is 13.7. The molecule has 20 heavy (non-hydrogen) atoms. The first kappa shape index (κ1) is 17.5. The molecule has 0 aliphatic heterocycles. The summed E-state index contributed by atoms with van der Waals surface area (Å²) in [7, 11) is 0. The number of likely N-dealkylation sites (N-methyl/N-ethyl adjacent to an activating group) is 1. The first-order chi connectivity index (χ1) is 9.19. The van der Waals surface area contributed by atoms with Crippen LogP contribution >= 0.6 is 28.3 Å². The van der Waals surface area contributed by atoms with Gasteiger partial charge in [0, 0.05) is 17.6 Å². The van der Waals surface area contributed by atoms with E-state index in [9.17, 15) is 4.79 Å². The van der Waals surface area contributed by atoms with Crippen LogP contribution in [0, 0.1) is 0 Å². The number of amides is 1. The zero-order valence-electron chi connectivity index (χ0n) is 11.7. The van der Waals surface area contributed by atoms with Crippen molar-refractivity contribution in [2.24, 2.45) is 0 Å². The van der Waals surface area contributed by atoms with Crippen molar-refractivity contribution in [3.05, 3.63) is 34.3 Å². The Balaban J connectivity index is 0.00000200. The third kappa shape index (κ3) is 3.74. The molecule has 0 spiro atoms. The van der Waals surface area contributed by atoms with Gasteiger partial charge in [0.1, 0.15) is 0 Å². The molecule has 1 aliphatic carbocycles. The topological polar surface area (TPSA) is 41.1 Å². The standard InChI is InChI=1S/C15H21BrN2O.ClH/c1-2-17-10-11-18-14(19)15(8-3-9-15)12-4-6-13(16)7-5-12;/h4-7,17H,2-3,8-11H2,1H3,(H,18,19);1H. The average Bonchev–Trinajstić information content (AvgIpc) is 2.36. The number of rotatable bonds is 6. The number of halogens is 2. The third-order valence-electron chi connectivity index (χ3n) is 3.88. The predicted octanol–water partition coefficient (Wildman–Crippen LogP) is 3.02. The first-order valence-electron chi connectivity index (χ1n) is 6.94. The maximum Gasteiger partial charge on any atom is 0.230 e. The van der Waals surface area contributed by atoms with Crippen LogP contribution in [0.15, 0.2) is 28.7 Å². The van der Waals surface area contributed by atoms with E-state index in [1.54, 1.807) is 0 Å². The minimum Gasteiger partial charge on any atom is -0.354 e. The van der Waals surface area contributed by atoms with Crippen molar-refractivity contribution < 1.29 is 4.79 Å². The molecule has 1 saturated carbocycles. The van der Waals surface area contributed by atoms with Gasteiger partial charge in [-0.05, 0) is 37.1 Å². The molecule has 2 N–H and O–H groups in total. The Bertz CT molecular complexity index is 432. The molecule has 0 radical (unpaired) electrons. The van der Waals surface area contributed by atoms with Crippen LogP contribution in [0.3, 0.4) is 0 Å². The van der Waals surface area contributed by atoms with Gasteiger partial charge >= 0.3 is 0 Å². The lowest BCUT2D eigenvalue weighted by Crippen LogP contribution is -2.50. The summed E-state index contributed by atoms with van der Waals surface area (Å²) in [5.41, 5.74) is 0.857. The number of hydrogen-bond donors (Lipinski definition) is 2. The second-order valence-corrected chi connectivity index (χ2v) is 5.97. The van der Waals surface area contributed by atoms with Crippen molar-refractivity contribution in [3.8, 4) is 0 Å². The van der Waals surface area contributed by atoms with E-state index in [-0.39, 0.29) is 23.7 Å². The van der Waals surface area contributed by atoms with Gasteiger partial charge in [-0.1, -0.05) is 41.4 Å². The molecule has 2 rings (SSSR count). The summed E-state index contributed by atoms with van der Waals surface area (Å²) in [5.74, 6) is 0.180. The van der Waals surface area contributed by atoms with Crippen molar-refractivity contribution in [2.45, 2.75) is 31.6 Å². The molecule has 1 aromatic carbocycles. The fraction of sp³-hybridized carbons (Fsp3) is 0.533. The van der Waals surface area contributed by atoms with Gasteiger partial charge in [0.2, 0.25) is 5.91 Å². The molecule has 0 heterocycles. The van der Waals surface area contributed by atoms with E-state index >= 15 is 0 Å². The van der Waals surface area contributed by atoms with Gasteiger partial charge in [-0.25, -0.2) is 0 Å². The highest BCUT2D eigenvalue weighted by Crippen LogP contribution is 2.44. The first-order valence-corrected chi connectivity index (χ1v) is 7.73. The van der Waals surface area contributed by atoms with Gasteiger partial charge in [-0.15, -0.1) is 12.4 Å². The van der Waals surface area contributed by atoms with E-state index in [1.165, 1.54) is 0 Å². The van der Waals surface area contributed by atoms with Crippen LogP contribution in [0.2, 0.25) is 0 Å². The van der Waals surface area contributed by atoms with Gasteiger partial charge < -0.3 is 10.6 Å². The summed E-state index contributed by atoms with van der Waals surface area (Å²) in [6.07, 6.45) is 3.06. The lowest BCUT2D eigenvalue weighted by atomic mass is 9.64. The van der Waals surface area contributed by atoms with Crippen molar-refractivity contribution >= 4 is 34.2 Å². The lowest BCUT2D eigenvalue weighted by molar-refractivity contribution is -0.129. The minimum atomic E-state index is -0.285. The number of carbonyl (C=O) groups excluding carboxylic acids is 1. The lowest BCUT2D eigenvalue weighted by Gasteiger charge is -2.40. The summed E-state index contributed by atoms with van der Waals surface area (Å²) in [6.45, 7) is 4.54. The molecule has 0 aromatic heterocycles. The molecule has 1 fully saturated rings. The maximum absolute atomic E-state index is 12.4. The Labute approximate surface area is 135 Å². The van der Waals surface area contributed by atoms with E-state index in [1.807, 2.05) is 12.1 Å². The smallest absolute Gasteiger partial charge is 0.230 e. The summed E-state index contributed by atoms with van der Waals surface area (Å²) in [5, 5.41) is 6.28. The Hall–Kier alpha value is -0.580. The number of nitrogens with one attached hydrogen (secondary N) is 2. The van der Waals surface area contributed by atoms with Crippen LogP contribution in [0.1, 0.15) is 31.7 Å². The molecule has 0 atom stereocenters. The number of hydrogen-bond acceptors (Lipinski definition) is 2. The van der Waals surface area contributed by atoms with E-state index < -0.39 is 0 Å². The molecule has 0 bridgehead atoms. The number of benzene rings is 1. The summed E-state index contributed by atoms with van der Waals surface area (Å²) >= 11 is 3.44. The largest absolute Gasteiger partial charge is 0.354 e. The molecular weight excluding hydrogens is 340 g/mol. The van der Waals surface area contributed by atoms with E-state index in [2.05, 4.69) is 45.6 Å². The third-order valence-corrected chi connectivity index (χ3v) is 4.40. The molecule has 1 aromatic rings. The van der Waals surface area contributed by atoms with Gasteiger partial charge in [0.25, 0.3) is 0 Å².